The van der Waals surface area contributed by atoms with E-state index < -0.39 is 11.3 Å². The quantitative estimate of drug-likeness (QED) is 0.773. The maximum Gasteiger partial charge on any atom is 0.288 e. The van der Waals surface area contributed by atoms with E-state index >= 15 is 0 Å². The first kappa shape index (κ1) is 14.5. The maximum absolute atomic E-state index is 13.0. The number of aromatic amines is 1. The van der Waals surface area contributed by atoms with Crippen LogP contribution in [-0.2, 0) is 6.54 Å². The molecule has 3 aromatic rings. The van der Waals surface area contributed by atoms with Crippen molar-refractivity contribution >= 4 is 0 Å². The lowest BCUT2D eigenvalue weighted by molar-refractivity contribution is 0.463. The number of rotatable bonds is 3. The van der Waals surface area contributed by atoms with Gasteiger partial charge in [0.2, 0.25) is 0 Å². The van der Waals surface area contributed by atoms with Crippen molar-refractivity contribution < 1.29 is 9.50 Å². The summed E-state index contributed by atoms with van der Waals surface area (Å²) in [5, 5.41) is 23.4. The second-order valence-electron chi connectivity index (χ2n) is 4.86. The van der Waals surface area contributed by atoms with E-state index in [-0.39, 0.29) is 23.6 Å². The third-order valence-corrected chi connectivity index (χ3v) is 3.34. The van der Waals surface area contributed by atoms with Crippen LogP contribution in [0.25, 0.3) is 11.4 Å². The van der Waals surface area contributed by atoms with Crippen molar-refractivity contribution in [3.63, 3.8) is 0 Å². The van der Waals surface area contributed by atoms with E-state index in [0.717, 1.165) is 4.68 Å². The first-order valence-corrected chi connectivity index (χ1v) is 6.72. The summed E-state index contributed by atoms with van der Waals surface area (Å²) in [4.78, 5) is 15.1. The number of nitriles is 1. The molecule has 23 heavy (non-hydrogen) atoms. The summed E-state index contributed by atoms with van der Waals surface area (Å²) in [6.07, 6.45) is 1.64. The minimum Gasteiger partial charge on any atom is -0.504 e. The van der Waals surface area contributed by atoms with Gasteiger partial charge in [0.1, 0.15) is 11.9 Å². The van der Waals surface area contributed by atoms with E-state index in [1.54, 1.807) is 24.4 Å². The van der Waals surface area contributed by atoms with Crippen LogP contribution in [0.3, 0.4) is 0 Å². The lowest BCUT2D eigenvalue weighted by atomic mass is 10.2. The van der Waals surface area contributed by atoms with E-state index in [2.05, 4.69) is 10.1 Å². The first-order chi connectivity index (χ1) is 11.1. The molecule has 0 bridgehead atoms. The Morgan fingerprint density at radius 1 is 1.30 bits per heavy atom. The summed E-state index contributed by atoms with van der Waals surface area (Å²) in [5.74, 6) is -0.847. The molecule has 0 saturated carbocycles. The van der Waals surface area contributed by atoms with Gasteiger partial charge in [-0.3, -0.25) is 4.79 Å². The summed E-state index contributed by atoms with van der Waals surface area (Å²) in [5.41, 5.74) is 0.143. The second-order valence-corrected chi connectivity index (χ2v) is 4.86. The van der Waals surface area contributed by atoms with E-state index in [4.69, 9.17) is 5.26 Å². The topological polar surface area (TPSA) is 94.7 Å². The molecule has 0 saturated heterocycles. The molecule has 1 aromatic carbocycles. The molecular weight excluding hydrogens is 299 g/mol. The van der Waals surface area contributed by atoms with Crippen molar-refractivity contribution in [2.75, 3.05) is 0 Å². The number of H-pyrrole nitrogens is 1. The van der Waals surface area contributed by atoms with Crippen LogP contribution in [0.4, 0.5) is 4.39 Å². The molecule has 0 aliphatic heterocycles. The third-order valence-electron chi connectivity index (χ3n) is 3.34. The molecule has 6 nitrogen and oxygen atoms in total. The van der Waals surface area contributed by atoms with Gasteiger partial charge in [0.05, 0.1) is 12.2 Å². The van der Waals surface area contributed by atoms with Gasteiger partial charge in [0.15, 0.2) is 17.0 Å². The van der Waals surface area contributed by atoms with Crippen LogP contribution in [0.1, 0.15) is 11.1 Å². The van der Waals surface area contributed by atoms with Gasteiger partial charge in [0, 0.05) is 6.20 Å². The number of hydrogen-bond donors (Lipinski definition) is 2. The Morgan fingerprint density at radius 3 is 2.65 bits per heavy atom. The highest BCUT2D eigenvalue weighted by molar-refractivity contribution is 5.65. The molecule has 0 unspecified atom stereocenters. The van der Waals surface area contributed by atoms with E-state index in [0.29, 0.717) is 11.3 Å². The lowest BCUT2D eigenvalue weighted by Crippen LogP contribution is -2.26. The van der Waals surface area contributed by atoms with Gasteiger partial charge >= 0.3 is 0 Å². The van der Waals surface area contributed by atoms with Crippen LogP contribution in [-0.4, -0.2) is 19.9 Å². The molecule has 7 heteroatoms. The Balaban J connectivity index is 2.13. The highest BCUT2D eigenvalue weighted by atomic mass is 19.1. The normalized spacial score (nSPS) is 10.4. The largest absolute Gasteiger partial charge is 0.504 e. The van der Waals surface area contributed by atoms with Crippen LogP contribution >= 0.6 is 0 Å². The van der Waals surface area contributed by atoms with Gasteiger partial charge < -0.3 is 10.1 Å². The van der Waals surface area contributed by atoms with Gasteiger partial charge in [-0.25, -0.2) is 9.07 Å². The summed E-state index contributed by atoms with van der Waals surface area (Å²) in [6, 6.07) is 10.7. The molecule has 0 aliphatic carbocycles. The molecule has 0 spiro atoms. The second kappa shape index (κ2) is 5.77. The molecule has 0 amide bonds. The number of benzene rings is 1. The third kappa shape index (κ3) is 2.70. The maximum atomic E-state index is 13.0. The Morgan fingerprint density at radius 2 is 2.04 bits per heavy atom. The molecule has 2 heterocycles. The number of halogens is 1. The SMILES string of the molecule is N#Cc1c(O)c(-c2ccc[nH]2)nn(Cc2ccc(F)cc2)c1=O. The molecule has 0 atom stereocenters. The van der Waals surface area contributed by atoms with Crippen molar-refractivity contribution in [2.45, 2.75) is 6.54 Å². The summed E-state index contributed by atoms with van der Waals surface area (Å²) in [7, 11) is 0. The Hall–Kier alpha value is -3.40. The van der Waals surface area contributed by atoms with Crippen molar-refractivity contribution in [2.24, 2.45) is 0 Å². The zero-order valence-electron chi connectivity index (χ0n) is 11.8. The molecule has 2 N–H and O–H groups in total. The summed E-state index contributed by atoms with van der Waals surface area (Å²) >= 11 is 0. The number of aromatic nitrogens is 3. The fourth-order valence-electron chi connectivity index (χ4n) is 2.19. The van der Waals surface area contributed by atoms with Crippen molar-refractivity contribution in [3.05, 3.63) is 69.9 Å². The van der Waals surface area contributed by atoms with Crippen LogP contribution < -0.4 is 5.56 Å². The fourth-order valence-corrected chi connectivity index (χ4v) is 2.19. The van der Waals surface area contributed by atoms with E-state index in [1.807, 2.05) is 0 Å². The number of aromatic hydroxyl groups is 1. The zero-order valence-corrected chi connectivity index (χ0v) is 11.8. The molecular formula is C16H11FN4O2. The van der Waals surface area contributed by atoms with Gasteiger partial charge in [-0.05, 0) is 29.8 Å². The van der Waals surface area contributed by atoms with Gasteiger partial charge in [0.25, 0.3) is 5.56 Å². The van der Waals surface area contributed by atoms with Crippen molar-refractivity contribution in [1.29, 1.82) is 5.26 Å². The van der Waals surface area contributed by atoms with Gasteiger partial charge in [-0.1, -0.05) is 12.1 Å². The molecule has 0 fully saturated rings. The highest BCUT2D eigenvalue weighted by Gasteiger charge is 2.18. The Labute approximate surface area is 130 Å². The van der Waals surface area contributed by atoms with E-state index in [9.17, 15) is 14.3 Å². The highest BCUT2D eigenvalue weighted by Crippen LogP contribution is 2.26. The number of nitrogens with one attached hydrogen (secondary N) is 1. The predicted octanol–water partition coefficient (Wildman–Crippen LogP) is 2.00. The molecule has 114 valence electrons. The Bertz CT molecular complexity index is 938. The van der Waals surface area contributed by atoms with Crippen LogP contribution in [0, 0.1) is 17.1 Å². The van der Waals surface area contributed by atoms with Crippen LogP contribution in [0.15, 0.2) is 47.4 Å². The van der Waals surface area contributed by atoms with Crippen LogP contribution in [0.5, 0.6) is 5.75 Å². The monoisotopic (exact) mass is 310 g/mol. The first-order valence-electron chi connectivity index (χ1n) is 6.72. The molecule has 0 radical (unpaired) electrons. The number of nitrogens with zero attached hydrogens (tertiary/aromatic N) is 3. The van der Waals surface area contributed by atoms with Crippen LogP contribution in [0.2, 0.25) is 0 Å². The smallest absolute Gasteiger partial charge is 0.288 e. The average Bonchev–Trinajstić information content (AvgIpc) is 3.07. The molecule has 3 rings (SSSR count). The van der Waals surface area contributed by atoms with Crippen molar-refractivity contribution in [3.8, 4) is 23.2 Å². The fraction of sp³-hybridized carbons (Fsp3) is 0.0625. The van der Waals surface area contributed by atoms with E-state index in [1.165, 1.54) is 24.3 Å². The minimum atomic E-state index is -0.704. The average molecular weight is 310 g/mol. The van der Waals surface area contributed by atoms with Gasteiger partial charge in [-0.2, -0.15) is 10.4 Å². The standard InChI is InChI=1S/C16H11FN4O2/c17-11-5-3-10(4-6-11)9-21-16(23)12(8-18)15(22)14(20-21)13-2-1-7-19-13/h1-7,19,22H,9H2. The number of hydrogen-bond acceptors (Lipinski definition) is 4. The molecule has 0 aliphatic rings. The Kier molecular flexibility index (Phi) is 3.65. The summed E-state index contributed by atoms with van der Waals surface area (Å²) in [6.45, 7) is 0.0573. The van der Waals surface area contributed by atoms with Crippen molar-refractivity contribution in [1.82, 2.24) is 14.8 Å². The van der Waals surface area contributed by atoms with Gasteiger partial charge in [-0.15, -0.1) is 0 Å². The molecule has 2 aromatic heterocycles. The predicted molar refractivity (Wildman–Crippen MR) is 80.2 cm³/mol. The zero-order chi connectivity index (χ0) is 16.4. The lowest BCUT2D eigenvalue weighted by Gasteiger charge is -2.10. The minimum absolute atomic E-state index is 0.0573. The summed E-state index contributed by atoms with van der Waals surface area (Å²) < 4.78 is 14.0.